The first-order valence-corrected chi connectivity index (χ1v) is 11.3. The number of nitrogens with zero attached hydrogens (tertiary/aromatic N) is 1. The standard InChI is InChI=1S/C25H24BrN3O4/c1-32-22-9-5-8-21(24(22)33-16-17-10-12-19(26)13-11-17)27-28-25(31)18-14-23(30)29(15-18)20-6-3-2-4-7-20/h2-13,18,27H,14-16H2,1H3,(H,28,31)/t18-/m1/s1. The predicted molar refractivity (Wildman–Crippen MR) is 130 cm³/mol. The fourth-order valence-electron chi connectivity index (χ4n) is 3.63. The first-order valence-electron chi connectivity index (χ1n) is 10.5. The molecule has 8 heteroatoms. The van der Waals surface area contributed by atoms with E-state index in [1.807, 2.05) is 54.6 Å². The van der Waals surface area contributed by atoms with Crippen molar-refractivity contribution in [1.29, 1.82) is 0 Å². The lowest BCUT2D eigenvalue weighted by Crippen LogP contribution is -2.36. The average Bonchev–Trinajstić information content (AvgIpc) is 3.24. The lowest BCUT2D eigenvalue weighted by Gasteiger charge is -2.18. The molecule has 1 fully saturated rings. The summed E-state index contributed by atoms with van der Waals surface area (Å²) in [7, 11) is 1.56. The molecule has 1 atom stereocenters. The minimum Gasteiger partial charge on any atom is -0.493 e. The highest BCUT2D eigenvalue weighted by Crippen LogP contribution is 2.35. The van der Waals surface area contributed by atoms with Crippen LogP contribution < -0.4 is 25.2 Å². The van der Waals surface area contributed by atoms with Gasteiger partial charge in [-0.3, -0.25) is 20.4 Å². The Balaban J connectivity index is 1.41. The van der Waals surface area contributed by atoms with E-state index < -0.39 is 5.92 Å². The van der Waals surface area contributed by atoms with Gasteiger partial charge in [0.15, 0.2) is 11.5 Å². The smallest absolute Gasteiger partial charge is 0.243 e. The van der Waals surface area contributed by atoms with Crippen LogP contribution in [0.3, 0.4) is 0 Å². The Kier molecular flexibility index (Phi) is 7.14. The second-order valence-electron chi connectivity index (χ2n) is 7.61. The number of benzene rings is 3. The molecule has 2 N–H and O–H groups in total. The van der Waals surface area contributed by atoms with Crippen LogP contribution in [-0.4, -0.2) is 25.5 Å². The number of hydrazine groups is 1. The van der Waals surface area contributed by atoms with Gasteiger partial charge in [0.05, 0.1) is 18.7 Å². The van der Waals surface area contributed by atoms with Crippen LogP contribution in [0.25, 0.3) is 0 Å². The number of carbonyl (C=O) groups is 2. The Labute approximate surface area is 200 Å². The summed E-state index contributed by atoms with van der Waals surface area (Å²) < 4.78 is 12.4. The van der Waals surface area contributed by atoms with Crippen LogP contribution in [0, 0.1) is 5.92 Å². The van der Waals surface area contributed by atoms with Crippen molar-refractivity contribution in [3.8, 4) is 11.5 Å². The number of amides is 2. The summed E-state index contributed by atoms with van der Waals surface area (Å²) in [6.07, 6.45) is 0.160. The third-order valence-electron chi connectivity index (χ3n) is 5.38. The highest BCUT2D eigenvalue weighted by molar-refractivity contribution is 9.10. The SMILES string of the molecule is COc1cccc(NNC(=O)[C@@H]2CC(=O)N(c3ccccc3)C2)c1OCc1ccc(Br)cc1. The van der Waals surface area contributed by atoms with E-state index in [1.165, 1.54) is 0 Å². The van der Waals surface area contributed by atoms with E-state index in [0.717, 1.165) is 15.7 Å². The molecule has 0 saturated carbocycles. The van der Waals surface area contributed by atoms with E-state index in [2.05, 4.69) is 26.8 Å². The Hall–Kier alpha value is -3.52. The fourth-order valence-corrected chi connectivity index (χ4v) is 3.90. The maximum Gasteiger partial charge on any atom is 0.243 e. The number of rotatable bonds is 8. The Morgan fingerprint density at radius 3 is 2.55 bits per heavy atom. The van der Waals surface area contributed by atoms with Crippen LogP contribution >= 0.6 is 15.9 Å². The lowest BCUT2D eigenvalue weighted by molar-refractivity contribution is -0.125. The summed E-state index contributed by atoms with van der Waals surface area (Å²) in [5.41, 5.74) is 8.00. The van der Waals surface area contributed by atoms with Gasteiger partial charge in [-0.05, 0) is 42.0 Å². The van der Waals surface area contributed by atoms with Gasteiger partial charge in [0.2, 0.25) is 11.8 Å². The second-order valence-corrected chi connectivity index (χ2v) is 8.52. The molecule has 0 spiro atoms. The van der Waals surface area contributed by atoms with Crippen LogP contribution in [0.15, 0.2) is 77.3 Å². The molecule has 2 amide bonds. The van der Waals surface area contributed by atoms with Crippen LogP contribution in [-0.2, 0) is 16.2 Å². The van der Waals surface area contributed by atoms with E-state index in [4.69, 9.17) is 9.47 Å². The van der Waals surface area contributed by atoms with Crippen molar-refractivity contribution in [2.45, 2.75) is 13.0 Å². The highest BCUT2D eigenvalue weighted by Gasteiger charge is 2.35. The number of halogens is 1. The molecule has 3 aromatic carbocycles. The molecule has 33 heavy (non-hydrogen) atoms. The molecular formula is C25H24BrN3O4. The van der Waals surface area contributed by atoms with Crippen molar-refractivity contribution >= 4 is 39.1 Å². The third-order valence-corrected chi connectivity index (χ3v) is 5.91. The molecule has 3 aromatic rings. The summed E-state index contributed by atoms with van der Waals surface area (Å²) >= 11 is 3.42. The molecule has 4 rings (SSSR count). The van der Waals surface area contributed by atoms with Crippen LogP contribution in [0.2, 0.25) is 0 Å². The van der Waals surface area contributed by atoms with E-state index in [1.54, 1.807) is 30.2 Å². The number of carbonyl (C=O) groups excluding carboxylic acids is 2. The van der Waals surface area contributed by atoms with Gasteiger partial charge in [0.25, 0.3) is 0 Å². The van der Waals surface area contributed by atoms with Crippen molar-refractivity contribution in [2.24, 2.45) is 5.92 Å². The van der Waals surface area contributed by atoms with Gasteiger partial charge in [0.1, 0.15) is 6.61 Å². The zero-order chi connectivity index (χ0) is 23.2. The highest BCUT2D eigenvalue weighted by atomic mass is 79.9. The summed E-state index contributed by atoms with van der Waals surface area (Å²) in [6.45, 7) is 0.667. The molecular weight excluding hydrogens is 486 g/mol. The molecule has 0 aliphatic carbocycles. The van der Waals surface area contributed by atoms with Crippen molar-refractivity contribution in [3.05, 3.63) is 82.8 Å². The van der Waals surface area contributed by atoms with Gasteiger partial charge in [-0.2, -0.15) is 0 Å². The van der Waals surface area contributed by atoms with Gasteiger partial charge in [-0.15, -0.1) is 0 Å². The number of ether oxygens (including phenoxy) is 2. The second kappa shape index (κ2) is 10.4. The van der Waals surface area contributed by atoms with Crippen LogP contribution in [0.1, 0.15) is 12.0 Å². The van der Waals surface area contributed by atoms with Crippen LogP contribution in [0.4, 0.5) is 11.4 Å². The van der Waals surface area contributed by atoms with Gasteiger partial charge >= 0.3 is 0 Å². The van der Waals surface area contributed by atoms with Crippen molar-refractivity contribution in [2.75, 3.05) is 24.0 Å². The summed E-state index contributed by atoms with van der Waals surface area (Å²) in [6, 6.07) is 22.6. The Bertz CT molecular complexity index is 1120. The van der Waals surface area contributed by atoms with Gasteiger partial charge in [-0.25, -0.2) is 0 Å². The number of nitrogens with one attached hydrogen (secondary N) is 2. The predicted octanol–water partition coefficient (Wildman–Crippen LogP) is 4.53. The number of hydrogen-bond acceptors (Lipinski definition) is 5. The summed E-state index contributed by atoms with van der Waals surface area (Å²) in [5.74, 6) is 0.238. The molecule has 1 heterocycles. The average molecular weight is 510 g/mol. The van der Waals surface area contributed by atoms with E-state index in [0.29, 0.717) is 30.3 Å². The molecule has 1 aliphatic heterocycles. The van der Waals surface area contributed by atoms with Crippen molar-refractivity contribution in [3.63, 3.8) is 0 Å². The summed E-state index contributed by atoms with van der Waals surface area (Å²) in [5, 5.41) is 0. The normalized spacial score (nSPS) is 15.3. The minimum atomic E-state index is -0.456. The molecule has 1 saturated heterocycles. The monoisotopic (exact) mass is 509 g/mol. The Morgan fingerprint density at radius 2 is 1.82 bits per heavy atom. The number of methoxy groups -OCH3 is 1. The van der Waals surface area contributed by atoms with Gasteiger partial charge < -0.3 is 14.4 Å². The van der Waals surface area contributed by atoms with Crippen molar-refractivity contribution < 1.29 is 19.1 Å². The molecule has 0 aromatic heterocycles. The molecule has 0 bridgehead atoms. The topological polar surface area (TPSA) is 79.9 Å². The first-order chi connectivity index (χ1) is 16.0. The quantitative estimate of drug-likeness (QED) is 0.436. The zero-order valence-corrected chi connectivity index (χ0v) is 19.7. The van der Waals surface area contributed by atoms with Gasteiger partial charge in [-0.1, -0.05) is 52.3 Å². The number of anilines is 2. The fraction of sp³-hybridized carbons (Fsp3) is 0.200. The number of hydrogen-bond donors (Lipinski definition) is 2. The first kappa shape index (κ1) is 22.7. The lowest BCUT2D eigenvalue weighted by atomic mass is 10.1. The maximum absolute atomic E-state index is 12.8. The van der Waals surface area contributed by atoms with E-state index in [9.17, 15) is 9.59 Å². The van der Waals surface area contributed by atoms with Gasteiger partial charge in [0, 0.05) is 23.1 Å². The zero-order valence-electron chi connectivity index (χ0n) is 18.1. The summed E-state index contributed by atoms with van der Waals surface area (Å²) in [4.78, 5) is 26.9. The molecule has 1 aliphatic rings. The number of para-hydroxylation sites is 2. The van der Waals surface area contributed by atoms with E-state index in [-0.39, 0.29) is 18.2 Å². The molecule has 170 valence electrons. The largest absolute Gasteiger partial charge is 0.493 e. The van der Waals surface area contributed by atoms with E-state index >= 15 is 0 Å². The van der Waals surface area contributed by atoms with Crippen molar-refractivity contribution in [1.82, 2.24) is 5.43 Å². The molecule has 0 radical (unpaired) electrons. The maximum atomic E-state index is 12.8. The van der Waals surface area contributed by atoms with Crippen LogP contribution in [0.5, 0.6) is 11.5 Å². The molecule has 7 nitrogen and oxygen atoms in total. The third kappa shape index (κ3) is 5.46. The Morgan fingerprint density at radius 1 is 1.06 bits per heavy atom. The molecule has 0 unspecified atom stereocenters. The minimum absolute atomic E-state index is 0.0683.